The molecule has 0 unspecified atom stereocenters. The lowest BCUT2D eigenvalue weighted by Crippen LogP contribution is -2.29. The predicted octanol–water partition coefficient (Wildman–Crippen LogP) is 3.52. The van der Waals surface area contributed by atoms with E-state index in [2.05, 4.69) is 42.7 Å². The summed E-state index contributed by atoms with van der Waals surface area (Å²) in [6.07, 6.45) is 0.861. The van der Waals surface area contributed by atoms with E-state index in [0.717, 1.165) is 12.0 Å². The number of amides is 1. The molecule has 0 aliphatic rings. The highest BCUT2D eigenvalue weighted by Gasteiger charge is 2.07. The molecule has 1 amide bonds. The maximum Gasteiger partial charge on any atom is 0.238 e. The molecule has 23 heavy (non-hydrogen) atoms. The summed E-state index contributed by atoms with van der Waals surface area (Å²) in [7, 11) is 0. The van der Waals surface area contributed by atoms with Crippen LogP contribution in [0.2, 0.25) is 0 Å². The summed E-state index contributed by atoms with van der Waals surface area (Å²) in [5.74, 6) is -0.658. The van der Waals surface area contributed by atoms with E-state index in [1.165, 1.54) is 22.8 Å². The summed E-state index contributed by atoms with van der Waals surface area (Å²) in [5, 5.41) is 5.69. The molecular formula is C19H23FN2O. The smallest absolute Gasteiger partial charge is 0.238 e. The van der Waals surface area contributed by atoms with Crippen molar-refractivity contribution in [2.45, 2.75) is 27.2 Å². The molecule has 0 saturated heterocycles. The number of carbonyl (C=O) groups excluding carboxylic acids is 1. The van der Waals surface area contributed by atoms with Gasteiger partial charge in [-0.15, -0.1) is 0 Å². The number of hydrogen-bond donors (Lipinski definition) is 2. The Morgan fingerprint density at radius 1 is 1.04 bits per heavy atom. The number of benzene rings is 2. The Kier molecular flexibility index (Phi) is 5.88. The standard InChI is InChI=1S/C19H23FN2O/c1-13-4-6-15(3)16(10-13)8-9-21-12-19(23)22-18-11-14(2)5-7-17(18)20/h4-7,10-11,21H,8-9,12H2,1-3H3,(H,22,23). The Morgan fingerprint density at radius 3 is 2.52 bits per heavy atom. The molecule has 2 rings (SSSR count). The first-order chi connectivity index (χ1) is 11.0. The van der Waals surface area contributed by atoms with Crippen molar-refractivity contribution in [3.05, 3.63) is 64.5 Å². The van der Waals surface area contributed by atoms with E-state index >= 15 is 0 Å². The van der Waals surface area contributed by atoms with Gasteiger partial charge >= 0.3 is 0 Å². The third kappa shape index (κ3) is 5.18. The van der Waals surface area contributed by atoms with E-state index in [1.807, 2.05) is 6.92 Å². The topological polar surface area (TPSA) is 41.1 Å². The normalized spacial score (nSPS) is 10.6. The van der Waals surface area contributed by atoms with E-state index in [4.69, 9.17) is 0 Å². The molecule has 3 nitrogen and oxygen atoms in total. The van der Waals surface area contributed by atoms with Gasteiger partial charge in [0, 0.05) is 0 Å². The number of halogens is 1. The second-order valence-electron chi connectivity index (χ2n) is 5.89. The lowest BCUT2D eigenvalue weighted by molar-refractivity contribution is -0.115. The molecule has 0 heterocycles. The number of aryl methyl sites for hydroxylation is 3. The van der Waals surface area contributed by atoms with Crippen molar-refractivity contribution in [3.8, 4) is 0 Å². The van der Waals surface area contributed by atoms with Crippen LogP contribution in [-0.4, -0.2) is 19.0 Å². The van der Waals surface area contributed by atoms with Gasteiger partial charge in [0.1, 0.15) is 5.82 Å². The lowest BCUT2D eigenvalue weighted by Gasteiger charge is -2.10. The Hall–Kier alpha value is -2.20. The van der Waals surface area contributed by atoms with E-state index in [9.17, 15) is 9.18 Å². The summed E-state index contributed by atoms with van der Waals surface area (Å²) >= 11 is 0. The first-order valence-electron chi connectivity index (χ1n) is 7.78. The quantitative estimate of drug-likeness (QED) is 0.801. The Labute approximate surface area is 136 Å². The summed E-state index contributed by atoms with van der Waals surface area (Å²) in [6, 6.07) is 11.0. The molecular weight excluding hydrogens is 291 g/mol. The van der Waals surface area contributed by atoms with Crippen LogP contribution in [0.5, 0.6) is 0 Å². The first kappa shape index (κ1) is 17.2. The average molecular weight is 314 g/mol. The molecule has 2 aromatic rings. The van der Waals surface area contributed by atoms with Gasteiger partial charge < -0.3 is 10.6 Å². The van der Waals surface area contributed by atoms with Crippen LogP contribution in [0.15, 0.2) is 36.4 Å². The molecule has 0 aliphatic heterocycles. The van der Waals surface area contributed by atoms with Gasteiger partial charge in [-0.3, -0.25) is 4.79 Å². The molecule has 4 heteroatoms. The zero-order valence-corrected chi connectivity index (χ0v) is 13.9. The van der Waals surface area contributed by atoms with Crippen molar-refractivity contribution in [1.29, 1.82) is 0 Å². The van der Waals surface area contributed by atoms with Crippen LogP contribution >= 0.6 is 0 Å². The zero-order chi connectivity index (χ0) is 16.8. The zero-order valence-electron chi connectivity index (χ0n) is 13.9. The van der Waals surface area contributed by atoms with Crippen molar-refractivity contribution in [3.63, 3.8) is 0 Å². The molecule has 2 aromatic carbocycles. The van der Waals surface area contributed by atoms with Gasteiger partial charge in [-0.2, -0.15) is 0 Å². The molecule has 122 valence electrons. The van der Waals surface area contributed by atoms with Crippen LogP contribution in [0.1, 0.15) is 22.3 Å². The Balaban J connectivity index is 1.79. The Bertz CT molecular complexity index is 698. The molecule has 0 spiro atoms. The molecule has 0 atom stereocenters. The molecule has 0 fully saturated rings. The second kappa shape index (κ2) is 7.88. The van der Waals surface area contributed by atoms with Crippen LogP contribution < -0.4 is 10.6 Å². The molecule has 0 bridgehead atoms. The third-order valence-electron chi connectivity index (χ3n) is 3.76. The van der Waals surface area contributed by atoms with Gasteiger partial charge in [0.05, 0.1) is 12.2 Å². The minimum atomic E-state index is -0.417. The minimum absolute atomic E-state index is 0.165. The summed E-state index contributed by atoms with van der Waals surface area (Å²) < 4.78 is 13.6. The fourth-order valence-electron chi connectivity index (χ4n) is 2.42. The number of nitrogens with one attached hydrogen (secondary N) is 2. The van der Waals surface area contributed by atoms with Crippen LogP contribution in [0.25, 0.3) is 0 Å². The number of anilines is 1. The van der Waals surface area contributed by atoms with Gasteiger partial charge in [0.15, 0.2) is 0 Å². The lowest BCUT2D eigenvalue weighted by atomic mass is 10.0. The van der Waals surface area contributed by atoms with Crippen molar-refractivity contribution in [1.82, 2.24) is 5.32 Å². The van der Waals surface area contributed by atoms with Crippen LogP contribution in [0.3, 0.4) is 0 Å². The maximum atomic E-state index is 13.6. The van der Waals surface area contributed by atoms with Crippen LogP contribution in [-0.2, 0) is 11.2 Å². The van der Waals surface area contributed by atoms with Crippen molar-refractivity contribution < 1.29 is 9.18 Å². The monoisotopic (exact) mass is 314 g/mol. The number of hydrogen-bond acceptors (Lipinski definition) is 2. The highest BCUT2D eigenvalue weighted by Crippen LogP contribution is 2.15. The minimum Gasteiger partial charge on any atom is -0.322 e. The molecule has 0 radical (unpaired) electrons. The van der Waals surface area contributed by atoms with Crippen molar-refractivity contribution >= 4 is 11.6 Å². The SMILES string of the molecule is Cc1ccc(C)c(CCNCC(=O)Nc2cc(C)ccc2F)c1. The van der Waals surface area contributed by atoms with Crippen LogP contribution in [0, 0.1) is 26.6 Å². The van der Waals surface area contributed by atoms with Gasteiger partial charge in [-0.05, 0) is 62.6 Å². The number of rotatable bonds is 6. The van der Waals surface area contributed by atoms with Gasteiger partial charge in [-0.25, -0.2) is 4.39 Å². The third-order valence-corrected chi connectivity index (χ3v) is 3.76. The molecule has 0 aromatic heterocycles. The maximum absolute atomic E-state index is 13.6. The Morgan fingerprint density at radius 2 is 1.74 bits per heavy atom. The first-order valence-corrected chi connectivity index (χ1v) is 7.78. The van der Waals surface area contributed by atoms with Gasteiger partial charge in [0.25, 0.3) is 0 Å². The van der Waals surface area contributed by atoms with E-state index < -0.39 is 5.82 Å². The highest BCUT2D eigenvalue weighted by atomic mass is 19.1. The highest BCUT2D eigenvalue weighted by molar-refractivity contribution is 5.92. The molecule has 0 saturated carbocycles. The summed E-state index contributed by atoms with van der Waals surface area (Å²) in [4.78, 5) is 11.9. The van der Waals surface area contributed by atoms with Gasteiger partial charge in [0.2, 0.25) is 5.91 Å². The molecule has 2 N–H and O–H groups in total. The van der Waals surface area contributed by atoms with Crippen LogP contribution in [0.4, 0.5) is 10.1 Å². The van der Waals surface area contributed by atoms with E-state index in [0.29, 0.717) is 6.54 Å². The second-order valence-corrected chi connectivity index (χ2v) is 5.89. The van der Waals surface area contributed by atoms with Crippen molar-refractivity contribution in [2.75, 3.05) is 18.4 Å². The predicted molar refractivity (Wildman–Crippen MR) is 92.3 cm³/mol. The summed E-state index contributed by atoms with van der Waals surface area (Å²) in [6.45, 7) is 6.88. The fraction of sp³-hybridized carbons (Fsp3) is 0.316. The number of carbonyl (C=O) groups is 1. The summed E-state index contributed by atoms with van der Waals surface area (Å²) in [5.41, 5.74) is 4.90. The van der Waals surface area contributed by atoms with E-state index in [1.54, 1.807) is 12.1 Å². The fourth-order valence-corrected chi connectivity index (χ4v) is 2.42. The largest absolute Gasteiger partial charge is 0.322 e. The average Bonchev–Trinajstić information content (AvgIpc) is 2.50. The van der Waals surface area contributed by atoms with Gasteiger partial charge in [-0.1, -0.05) is 29.8 Å². The molecule has 0 aliphatic carbocycles. The van der Waals surface area contributed by atoms with E-state index in [-0.39, 0.29) is 18.1 Å². The van der Waals surface area contributed by atoms with Crippen molar-refractivity contribution in [2.24, 2.45) is 0 Å².